The summed E-state index contributed by atoms with van der Waals surface area (Å²) in [5, 5.41) is 2.86. The lowest BCUT2D eigenvalue weighted by Gasteiger charge is -2.43. The molecule has 0 saturated heterocycles. The van der Waals surface area contributed by atoms with Crippen molar-refractivity contribution < 1.29 is 9.18 Å². The second-order valence-corrected chi connectivity index (χ2v) is 5.70. The molecule has 104 valence electrons. The summed E-state index contributed by atoms with van der Waals surface area (Å²) in [6, 6.07) is 5.19. The first-order chi connectivity index (χ1) is 9.18. The van der Waals surface area contributed by atoms with Gasteiger partial charge in [-0.2, -0.15) is 0 Å². The van der Waals surface area contributed by atoms with Gasteiger partial charge in [-0.15, -0.1) is 0 Å². The van der Waals surface area contributed by atoms with Gasteiger partial charge in [-0.3, -0.25) is 4.79 Å². The van der Waals surface area contributed by atoms with Gasteiger partial charge in [0.1, 0.15) is 5.82 Å². The van der Waals surface area contributed by atoms with Gasteiger partial charge >= 0.3 is 0 Å². The fourth-order valence-corrected chi connectivity index (χ4v) is 2.98. The zero-order valence-electron chi connectivity index (χ0n) is 10.9. The average molecular weight is 284 g/mol. The number of halogens is 2. The van der Waals surface area contributed by atoms with Crippen LogP contribution in [0.5, 0.6) is 0 Å². The maximum Gasteiger partial charge on any atom is 0.207 e. The number of benzene rings is 1. The van der Waals surface area contributed by atoms with E-state index in [1.54, 1.807) is 12.1 Å². The number of amides is 1. The Morgan fingerprint density at radius 3 is 2.74 bits per heavy atom. The van der Waals surface area contributed by atoms with Crippen molar-refractivity contribution in [3.63, 3.8) is 0 Å². The van der Waals surface area contributed by atoms with E-state index in [1.165, 1.54) is 6.42 Å². The molecule has 19 heavy (non-hydrogen) atoms. The van der Waals surface area contributed by atoms with E-state index in [1.807, 2.05) is 6.07 Å². The molecule has 0 spiro atoms. The molecule has 1 aliphatic rings. The van der Waals surface area contributed by atoms with Crippen molar-refractivity contribution in [2.45, 2.75) is 43.9 Å². The molecule has 0 aromatic heterocycles. The molecule has 0 unspecified atom stereocenters. The van der Waals surface area contributed by atoms with Crippen molar-refractivity contribution in [2.24, 2.45) is 0 Å². The molecule has 0 atom stereocenters. The summed E-state index contributed by atoms with van der Waals surface area (Å²) in [5.41, 5.74) is 1.20. The second kappa shape index (κ2) is 6.38. The topological polar surface area (TPSA) is 29.1 Å². The van der Waals surface area contributed by atoms with Gasteiger partial charge < -0.3 is 5.32 Å². The van der Waals surface area contributed by atoms with Crippen LogP contribution in [0.3, 0.4) is 0 Å². The number of hydrogen-bond acceptors (Lipinski definition) is 1. The molecule has 1 aliphatic carbocycles. The quantitative estimate of drug-likeness (QED) is 0.598. The maximum absolute atomic E-state index is 13.6. The number of carbonyl (C=O) groups is 1. The number of hydrogen-bond donors (Lipinski definition) is 1. The van der Waals surface area contributed by atoms with E-state index >= 15 is 0 Å². The van der Waals surface area contributed by atoms with Gasteiger partial charge in [0, 0.05) is 6.54 Å². The molecular formula is C15H19ClFNO. The van der Waals surface area contributed by atoms with Crippen LogP contribution in [-0.2, 0) is 10.2 Å². The molecule has 1 aromatic rings. The van der Waals surface area contributed by atoms with Gasteiger partial charge in [0.05, 0.1) is 5.02 Å². The van der Waals surface area contributed by atoms with E-state index in [4.69, 9.17) is 11.6 Å². The van der Waals surface area contributed by atoms with E-state index < -0.39 is 0 Å². The van der Waals surface area contributed by atoms with E-state index in [0.29, 0.717) is 6.54 Å². The highest BCUT2D eigenvalue weighted by molar-refractivity contribution is 6.30. The Hall–Kier alpha value is -1.09. The normalized spacial score (nSPS) is 16.7. The highest BCUT2D eigenvalue weighted by atomic mass is 35.5. The van der Waals surface area contributed by atoms with Crippen molar-refractivity contribution in [1.82, 2.24) is 5.32 Å². The van der Waals surface area contributed by atoms with Gasteiger partial charge in [-0.05, 0) is 48.8 Å². The fourth-order valence-electron chi connectivity index (χ4n) is 2.86. The predicted octanol–water partition coefficient (Wildman–Crippen LogP) is 3.82. The van der Waals surface area contributed by atoms with Crippen LogP contribution in [0.2, 0.25) is 5.02 Å². The Labute approximate surface area is 118 Å². The smallest absolute Gasteiger partial charge is 0.207 e. The first kappa shape index (κ1) is 14.3. The van der Waals surface area contributed by atoms with E-state index in [2.05, 4.69) is 5.32 Å². The molecule has 0 radical (unpaired) electrons. The van der Waals surface area contributed by atoms with Crippen LogP contribution in [0.1, 0.15) is 44.1 Å². The molecule has 4 heteroatoms. The molecule has 1 N–H and O–H groups in total. The minimum absolute atomic E-state index is 0.132. The minimum Gasteiger partial charge on any atom is -0.359 e. The number of rotatable bonds is 7. The third-order valence-electron chi connectivity index (χ3n) is 4.15. The van der Waals surface area contributed by atoms with Crippen LogP contribution in [-0.4, -0.2) is 13.0 Å². The molecule has 1 fully saturated rings. The van der Waals surface area contributed by atoms with E-state index in [0.717, 1.165) is 44.1 Å². The number of carbonyl (C=O) groups excluding carboxylic acids is 1. The third-order valence-corrected chi connectivity index (χ3v) is 4.46. The summed E-state index contributed by atoms with van der Waals surface area (Å²) >= 11 is 5.74. The lowest BCUT2D eigenvalue weighted by molar-refractivity contribution is -0.109. The Bertz CT molecular complexity index is 446. The molecule has 1 saturated carbocycles. The van der Waals surface area contributed by atoms with Gasteiger partial charge in [0.25, 0.3) is 0 Å². The Morgan fingerprint density at radius 2 is 2.16 bits per heavy atom. The largest absolute Gasteiger partial charge is 0.359 e. The monoisotopic (exact) mass is 283 g/mol. The molecule has 1 aromatic carbocycles. The molecule has 0 heterocycles. The fraction of sp³-hybridized carbons (Fsp3) is 0.533. The minimum atomic E-state index is -0.326. The third kappa shape index (κ3) is 3.27. The SMILES string of the molecule is O=CNCCCCC1(c2ccc(Cl)c(F)c2)CCC1. The average Bonchev–Trinajstić information content (AvgIpc) is 2.35. The van der Waals surface area contributed by atoms with Crippen LogP contribution in [0.15, 0.2) is 18.2 Å². The Morgan fingerprint density at radius 1 is 1.37 bits per heavy atom. The van der Waals surface area contributed by atoms with Crippen molar-refractivity contribution in [3.8, 4) is 0 Å². The van der Waals surface area contributed by atoms with Crippen molar-refractivity contribution in [3.05, 3.63) is 34.6 Å². The Balaban J connectivity index is 1.97. The van der Waals surface area contributed by atoms with Crippen LogP contribution in [0.4, 0.5) is 4.39 Å². The lowest BCUT2D eigenvalue weighted by atomic mass is 9.62. The molecule has 2 rings (SSSR count). The summed E-state index contributed by atoms with van der Waals surface area (Å²) in [5.74, 6) is -0.326. The first-order valence-corrected chi connectivity index (χ1v) is 7.18. The van der Waals surface area contributed by atoms with Crippen molar-refractivity contribution >= 4 is 18.0 Å². The molecular weight excluding hydrogens is 265 g/mol. The van der Waals surface area contributed by atoms with E-state index in [9.17, 15) is 9.18 Å². The van der Waals surface area contributed by atoms with Crippen LogP contribution >= 0.6 is 11.6 Å². The predicted molar refractivity (Wildman–Crippen MR) is 74.9 cm³/mol. The molecule has 1 amide bonds. The zero-order valence-corrected chi connectivity index (χ0v) is 11.7. The van der Waals surface area contributed by atoms with Gasteiger partial charge in [0.2, 0.25) is 6.41 Å². The standard InChI is InChI=1S/C15H19ClFNO/c16-13-5-4-12(10-14(13)17)15(7-3-8-15)6-1-2-9-18-11-19/h4-5,10-11H,1-3,6-9H2,(H,18,19). The first-order valence-electron chi connectivity index (χ1n) is 6.80. The maximum atomic E-state index is 13.6. The van der Waals surface area contributed by atoms with Gasteiger partial charge in [-0.25, -0.2) is 4.39 Å². The highest BCUT2D eigenvalue weighted by Crippen LogP contribution is 2.47. The molecule has 0 bridgehead atoms. The van der Waals surface area contributed by atoms with E-state index in [-0.39, 0.29) is 16.3 Å². The van der Waals surface area contributed by atoms with Crippen LogP contribution in [0.25, 0.3) is 0 Å². The lowest BCUT2D eigenvalue weighted by Crippen LogP contribution is -2.34. The van der Waals surface area contributed by atoms with Gasteiger partial charge in [0.15, 0.2) is 0 Å². The summed E-state index contributed by atoms with van der Waals surface area (Å²) < 4.78 is 13.6. The zero-order chi connectivity index (χ0) is 13.7. The van der Waals surface area contributed by atoms with Crippen molar-refractivity contribution in [1.29, 1.82) is 0 Å². The summed E-state index contributed by atoms with van der Waals surface area (Å²) in [6.07, 6.45) is 7.24. The van der Waals surface area contributed by atoms with Gasteiger partial charge in [-0.1, -0.05) is 30.5 Å². The second-order valence-electron chi connectivity index (χ2n) is 5.29. The molecule has 2 nitrogen and oxygen atoms in total. The number of unbranched alkanes of at least 4 members (excludes halogenated alkanes) is 1. The summed E-state index contributed by atoms with van der Waals surface area (Å²) in [4.78, 5) is 10.2. The highest BCUT2D eigenvalue weighted by Gasteiger charge is 2.38. The molecule has 0 aliphatic heterocycles. The Kier molecular flexibility index (Phi) is 4.81. The van der Waals surface area contributed by atoms with Crippen LogP contribution in [0, 0.1) is 5.82 Å². The summed E-state index contributed by atoms with van der Waals surface area (Å²) in [7, 11) is 0. The summed E-state index contributed by atoms with van der Waals surface area (Å²) in [6.45, 7) is 0.717. The van der Waals surface area contributed by atoms with Crippen LogP contribution < -0.4 is 5.32 Å². The number of nitrogens with one attached hydrogen (secondary N) is 1. The van der Waals surface area contributed by atoms with Crippen molar-refractivity contribution in [2.75, 3.05) is 6.54 Å².